The average Bonchev–Trinajstić information content (AvgIpc) is 2.71. The highest BCUT2D eigenvalue weighted by Gasteiger charge is 2.38. The predicted octanol–water partition coefficient (Wildman–Crippen LogP) is 0.700. The fourth-order valence-electron chi connectivity index (χ4n) is 3.07. The molecule has 1 N–H and O–H groups in total. The molecule has 2 atom stereocenters. The third kappa shape index (κ3) is 2.63. The molecule has 0 aromatic heterocycles. The summed E-state index contributed by atoms with van der Waals surface area (Å²) in [6, 6.07) is 0.387. The molecule has 2 fully saturated rings. The van der Waals surface area contributed by atoms with Gasteiger partial charge in [0, 0.05) is 25.7 Å². The van der Waals surface area contributed by atoms with Crippen LogP contribution in [0.5, 0.6) is 0 Å². The van der Waals surface area contributed by atoms with Gasteiger partial charge in [0.2, 0.25) is 5.91 Å². The summed E-state index contributed by atoms with van der Waals surface area (Å²) in [6.45, 7) is 7.20. The Balaban J connectivity index is 1.96. The van der Waals surface area contributed by atoms with Crippen molar-refractivity contribution in [1.82, 2.24) is 9.80 Å². The topological polar surface area (TPSA) is 43.8 Å². The van der Waals surface area contributed by atoms with Crippen molar-refractivity contribution in [2.75, 3.05) is 26.2 Å². The van der Waals surface area contributed by atoms with Gasteiger partial charge in [0.1, 0.15) is 0 Å². The molecule has 0 aliphatic carbocycles. The summed E-state index contributed by atoms with van der Waals surface area (Å²) in [5.41, 5.74) is 0. The number of carbonyl (C=O) groups is 1. The van der Waals surface area contributed by atoms with Gasteiger partial charge in [0.15, 0.2) is 0 Å². The van der Waals surface area contributed by atoms with E-state index < -0.39 is 0 Å². The number of aliphatic hydroxyl groups excluding tert-OH is 1. The van der Waals surface area contributed by atoms with Crippen LogP contribution in [0.2, 0.25) is 0 Å². The van der Waals surface area contributed by atoms with Crippen LogP contribution in [0.4, 0.5) is 0 Å². The lowest BCUT2D eigenvalue weighted by atomic mass is 9.97. The van der Waals surface area contributed by atoms with E-state index in [0.717, 1.165) is 38.9 Å². The summed E-state index contributed by atoms with van der Waals surface area (Å²) in [4.78, 5) is 16.5. The highest BCUT2D eigenvalue weighted by atomic mass is 16.3. The first-order valence-electron chi connectivity index (χ1n) is 6.79. The molecule has 0 spiro atoms. The molecule has 0 aromatic rings. The molecule has 0 radical (unpaired) electrons. The van der Waals surface area contributed by atoms with E-state index in [2.05, 4.69) is 18.7 Å². The lowest BCUT2D eigenvalue weighted by Gasteiger charge is -2.35. The lowest BCUT2D eigenvalue weighted by Crippen LogP contribution is -2.48. The predicted molar refractivity (Wildman–Crippen MR) is 66.6 cm³/mol. The Labute approximate surface area is 104 Å². The van der Waals surface area contributed by atoms with Crippen LogP contribution in [-0.4, -0.2) is 59.1 Å². The maximum absolute atomic E-state index is 12.3. The van der Waals surface area contributed by atoms with Gasteiger partial charge >= 0.3 is 0 Å². The number of rotatable bonds is 3. The van der Waals surface area contributed by atoms with E-state index in [9.17, 15) is 9.90 Å². The van der Waals surface area contributed by atoms with Gasteiger partial charge in [0.05, 0.1) is 6.04 Å². The van der Waals surface area contributed by atoms with E-state index in [0.29, 0.717) is 17.9 Å². The van der Waals surface area contributed by atoms with Crippen molar-refractivity contribution >= 4 is 5.91 Å². The van der Waals surface area contributed by atoms with Gasteiger partial charge in [0.25, 0.3) is 0 Å². The van der Waals surface area contributed by atoms with Crippen LogP contribution in [0.15, 0.2) is 0 Å². The summed E-state index contributed by atoms with van der Waals surface area (Å²) < 4.78 is 0. The SMILES string of the molecule is CC(C)N1CCC(N2CCCC(CO)C2)C1=O. The van der Waals surface area contributed by atoms with Gasteiger partial charge in [-0.1, -0.05) is 0 Å². The number of likely N-dealkylation sites (tertiary alicyclic amines) is 2. The van der Waals surface area contributed by atoms with Crippen LogP contribution in [0, 0.1) is 5.92 Å². The normalized spacial score (nSPS) is 31.5. The first kappa shape index (κ1) is 12.8. The van der Waals surface area contributed by atoms with Crippen LogP contribution in [0.1, 0.15) is 33.1 Å². The highest BCUT2D eigenvalue weighted by Crippen LogP contribution is 2.24. The zero-order valence-electron chi connectivity index (χ0n) is 10.9. The fourth-order valence-corrected chi connectivity index (χ4v) is 3.07. The number of aliphatic hydroxyl groups is 1. The Morgan fingerprint density at radius 1 is 1.35 bits per heavy atom. The minimum atomic E-state index is 0.0757. The minimum Gasteiger partial charge on any atom is -0.396 e. The van der Waals surface area contributed by atoms with Crippen molar-refractivity contribution in [3.05, 3.63) is 0 Å². The second-order valence-electron chi connectivity index (χ2n) is 5.62. The Hall–Kier alpha value is -0.610. The maximum Gasteiger partial charge on any atom is 0.240 e. The molecule has 2 unspecified atom stereocenters. The van der Waals surface area contributed by atoms with E-state index in [-0.39, 0.29) is 12.6 Å². The van der Waals surface area contributed by atoms with E-state index >= 15 is 0 Å². The molecule has 0 aromatic carbocycles. The van der Waals surface area contributed by atoms with Gasteiger partial charge in [-0.2, -0.15) is 0 Å². The molecular weight excluding hydrogens is 216 g/mol. The van der Waals surface area contributed by atoms with E-state index in [4.69, 9.17) is 0 Å². The van der Waals surface area contributed by atoms with Crippen molar-refractivity contribution < 1.29 is 9.90 Å². The summed E-state index contributed by atoms with van der Waals surface area (Å²) in [6.07, 6.45) is 3.16. The molecule has 0 bridgehead atoms. The quantitative estimate of drug-likeness (QED) is 0.790. The molecule has 0 saturated carbocycles. The molecule has 4 nitrogen and oxygen atoms in total. The second kappa shape index (κ2) is 5.36. The monoisotopic (exact) mass is 240 g/mol. The lowest BCUT2D eigenvalue weighted by molar-refractivity contribution is -0.134. The smallest absolute Gasteiger partial charge is 0.240 e. The summed E-state index contributed by atoms with van der Waals surface area (Å²) in [7, 11) is 0. The summed E-state index contributed by atoms with van der Waals surface area (Å²) in [5.74, 6) is 0.656. The van der Waals surface area contributed by atoms with Crippen LogP contribution in [0.25, 0.3) is 0 Å². The van der Waals surface area contributed by atoms with Crippen LogP contribution >= 0.6 is 0 Å². The van der Waals surface area contributed by atoms with Crippen molar-refractivity contribution in [2.24, 2.45) is 5.92 Å². The first-order chi connectivity index (χ1) is 8.13. The van der Waals surface area contributed by atoms with Gasteiger partial charge in [-0.05, 0) is 45.6 Å². The van der Waals surface area contributed by atoms with Crippen molar-refractivity contribution in [3.63, 3.8) is 0 Å². The molecular formula is C13H24N2O2. The maximum atomic E-state index is 12.3. The zero-order chi connectivity index (χ0) is 12.4. The Morgan fingerprint density at radius 3 is 2.71 bits per heavy atom. The van der Waals surface area contributed by atoms with E-state index in [1.165, 1.54) is 0 Å². The number of hydrogen-bond acceptors (Lipinski definition) is 3. The van der Waals surface area contributed by atoms with Crippen molar-refractivity contribution in [2.45, 2.75) is 45.2 Å². The van der Waals surface area contributed by atoms with Gasteiger partial charge in [-0.15, -0.1) is 0 Å². The zero-order valence-corrected chi connectivity index (χ0v) is 10.9. The first-order valence-corrected chi connectivity index (χ1v) is 6.79. The third-order valence-electron chi connectivity index (χ3n) is 4.08. The number of piperidine rings is 1. The van der Waals surface area contributed by atoms with E-state index in [1.807, 2.05) is 4.90 Å². The molecule has 2 rings (SSSR count). The molecule has 98 valence electrons. The largest absolute Gasteiger partial charge is 0.396 e. The molecule has 4 heteroatoms. The standard InChI is InChI=1S/C13H24N2O2/c1-10(2)15-7-5-12(13(15)17)14-6-3-4-11(8-14)9-16/h10-12,16H,3-9H2,1-2H3. The molecule has 17 heavy (non-hydrogen) atoms. The molecule has 2 heterocycles. The Bertz CT molecular complexity index is 281. The number of carbonyl (C=O) groups excluding carboxylic acids is 1. The van der Waals surface area contributed by atoms with Crippen LogP contribution < -0.4 is 0 Å². The van der Waals surface area contributed by atoms with Crippen molar-refractivity contribution in [1.29, 1.82) is 0 Å². The van der Waals surface area contributed by atoms with Crippen LogP contribution in [0.3, 0.4) is 0 Å². The Kier molecular flexibility index (Phi) is 4.05. The molecule has 1 amide bonds. The third-order valence-corrected chi connectivity index (χ3v) is 4.08. The summed E-state index contributed by atoms with van der Waals surface area (Å²) in [5, 5.41) is 9.24. The molecule has 2 aliphatic rings. The minimum absolute atomic E-state index is 0.0757. The number of amides is 1. The average molecular weight is 240 g/mol. The molecule has 2 saturated heterocycles. The highest BCUT2D eigenvalue weighted by molar-refractivity contribution is 5.84. The Morgan fingerprint density at radius 2 is 2.12 bits per heavy atom. The number of nitrogens with zero attached hydrogens (tertiary/aromatic N) is 2. The van der Waals surface area contributed by atoms with Gasteiger partial charge in [-0.25, -0.2) is 0 Å². The molecule has 2 aliphatic heterocycles. The fraction of sp³-hybridized carbons (Fsp3) is 0.923. The number of hydrogen-bond donors (Lipinski definition) is 1. The van der Waals surface area contributed by atoms with Gasteiger partial charge in [-0.3, -0.25) is 9.69 Å². The van der Waals surface area contributed by atoms with E-state index in [1.54, 1.807) is 0 Å². The van der Waals surface area contributed by atoms with Crippen molar-refractivity contribution in [3.8, 4) is 0 Å². The second-order valence-corrected chi connectivity index (χ2v) is 5.62. The van der Waals surface area contributed by atoms with Crippen LogP contribution in [-0.2, 0) is 4.79 Å². The summed E-state index contributed by atoms with van der Waals surface area (Å²) >= 11 is 0. The van der Waals surface area contributed by atoms with Gasteiger partial charge < -0.3 is 10.0 Å².